The van der Waals surface area contributed by atoms with Crippen molar-refractivity contribution in [1.29, 1.82) is 0 Å². The Kier molecular flexibility index (Phi) is 9.99. The van der Waals surface area contributed by atoms with Crippen LogP contribution in [0.1, 0.15) is 38.0 Å². The summed E-state index contributed by atoms with van der Waals surface area (Å²) in [6, 6.07) is 38.5. The van der Waals surface area contributed by atoms with Crippen molar-refractivity contribution in [3.63, 3.8) is 0 Å². The standard InChI is InChI=1S/C36H33N5O2S2/c1-43-32-20-12-11-19-31(32)41-33(23-28-15-7-3-8-16-28)38-39-36(41)45-26-34-37-30(25-44-34)35(42)40(24-29-17-9-4-10-18-29)22-21-27-13-5-2-6-14-27/h2-20,25H,21-24,26H2,1H3. The monoisotopic (exact) mass is 631 g/mol. The highest BCUT2D eigenvalue weighted by Crippen LogP contribution is 2.31. The van der Waals surface area contributed by atoms with Crippen LogP contribution < -0.4 is 4.74 Å². The van der Waals surface area contributed by atoms with E-state index < -0.39 is 0 Å². The molecule has 0 N–H and O–H groups in total. The van der Waals surface area contributed by atoms with Gasteiger partial charge < -0.3 is 9.64 Å². The lowest BCUT2D eigenvalue weighted by molar-refractivity contribution is 0.0740. The van der Waals surface area contributed by atoms with Crippen LogP contribution in [0.15, 0.2) is 126 Å². The molecule has 9 heteroatoms. The van der Waals surface area contributed by atoms with Crippen LogP contribution in [-0.2, 0) is 25.1 Å². The van der Waals surface area contributed by atoms with Gasteiger partial charge in [-0.1, -0.05) is 115 Å². The van der Waals surface area contributed by atoms with E-state index in [9.17, 15) is 4.79 Å². The van der Waals surface area contributed by atoms with Crippen LogP contribution in [0.25, 0.3) is 5.69 Å². The van der Waals surface area contributed by atoms with E-state index in [-0.39, 0.29) is 5.91 Å². The van der Waals surface area contributed by atoms with E-state index in [1.54, 1.807) is 18.9 Å². The Labute approximate surface area is 271 Å². The number of methoxy groups -OCH3 is 1. The molecule has 0 bridgehead atoms. The van der Waals surface area contributed by atoms with E-state index in [2.05, 4.69) is 51.2 Å². The van der Waals surface area contributed by atoms with Crippen LogP contribution in [0.4, 0.5) is 0 Å². The van der Waals surface area contributed by atoms with Gasteiger partial charge in [-0.2, -0.15) is 0 Å². The number of rotatable bonds is 13. The number of hydrogen-bond acceptors (Lipinski definition) is 7. The van der Waals surface area contributed by atoms with E-state index in [1.165, 1.54) is 16.9 Å². The minimum atomic E-state index is -0.0652. The van der Waals surface area contributed by atoms with Gasteiger partial charge in [0.15, 0.2) is 5.16 Å². The molecular formula is C36H33N5O2S2. The molecule has 0 aliphatic carbocycles. The Balaban J connectivity index is 1.20. The van der Waals surface area contributed by atoms with Crippen molar-refractivity contribution in [2.24, 2.45) is 0 Å². The van der Waals surface area contributed by atoms with E-state index in [0.717, 1.165) is 45.0 Å². The maximum atomic E-state index is 13.8. The van der Waals surface area contributed by atoms with Gasteiger partial charge in [-0.25, -0.2) is 4.98 Å². The number of para-hydroxylation sites is 2. The number of carbonyl (C=O) groups excluding carboxylic acids is 1. The second kappa shape index (κ2) is 14.8. The number of carbonyl (C=O) groups is 1. The predicted molar refractivity (Wildman–Crippen MR) is 180 cm³/mol. The molecule has 7 nitrogen and oxygen atoms in total. The number of thiazole rings is 1. The van der Waals surface area contributed by atoms with Gasteiger partial charge in [-0.15, -0.1) is 21.5 Å². The fraction of sp³-hybridized carbons (Fsp3) is 0.167. The molecule has 0 saturated carbocycles. The molecular weight excluding hydrogens is 599 g/mol. The molecule has 6 rings (SSSR count). The van der Waals surface area contributed by atoms with Crippen LogP contribution in [0.2, 0.25) is 0 Å². The molecule has 2 aromatic heterocycles. The van der Waals surface area contributed by atoms with Crippen LogP contribution in [0.3, 0.4) is 0 Å². The third-order valence-corrected chi connectivity index (χ3v) is 9.32. The lowest BCUT2D eigenvalue weighted by Gasteiger charge is -2.22. The van der Waals surface area contributed by atoms with Crippen molar-refractivity contribution in [2.45, 2.75) is 30.3 Å². The number of nitrogens with zero attached hydrogens (tertiary/aromatic N) is 5. The first-order valence-electron chi connectivity index (χ1n) is 14.7. The van der Waals surface area contributed by atoms with Crippen LogP contribution in [0.5, 0.6) is 5.75 Å². The Morgan fingerprint density at radius 2 is 1.47 bits per heavy atom. The van der Waals surface area contributed by atoms with Gasteiger partial charge in [0.2, 0.25) is 0 Å². The molecule has 0 spiro atoms. The molecule has 1 amide bonds. The maximum absolute atomic E-state index is 13.8. The van der Waals surface area contributed by atoms with Crippen molar-refractivity contribution in [3.05, 3.63) is 154 Å². The highest BCUT2D eigenvalue weighted by atomic mass is 32.2. The number of benzene rings is 4. The predicted octanol–water partition coefficient (Wildman–Crippen LogP) is 7.50. The van der Waals surface area contributed by atoms with Crippen LogP contribution in [-0.4, -0.2) is 44.2 Å². The van der Waals surface area contributed by atoms with Gasteiger partial charge in [0.05, 0.1) is 18.6 Å². The summed E-state index contributed by atoms with van der Waals surface area (Å²) < 4.78 is 7.75. The average Bonchev–Trinajstić information content (AvgIpc) is 3.74. The van der Waals surface area contributed by atoms with Gasteiger partial charge in [0.1, 0.15) is 22.3 Å². The SMILES string of the molecule is COc1ccccc1-n1c(Cc2ccccc2)nnc1SCc1nc(C(=O)N(CCc2ccccc2)Cc2ccccc2)cs1. The molecule has 0 aliphatic heterocycles. The first kappa shape index (κ1) is 30.3. The number of amides is 1. The van der Waals surface area contributed by atoms with E-state index in [0.29, 0.717) is 31.0 Å². The quantitative estimate of drug-likeness (QED) is 0.123. The summed E-state index contributed by atoms with van der Waals surface area (Å²) in [4.78, 5) is 20.4. The summed E-state index contributed by atoms with van der Waals surface area (Å²) in [6.07, 6.45) is 1.40. The largest absolute Gasteiger partial charge is 0.495 e. The number of hydrogen-bond donors (Lipinski definition) is 0. The fourth-order valence-electron chi connectivity index (χ4n) is 5.07. The molecule has 6 aromatic rings. The van der Waals surface area contributed by atoms with Gasteiger partial charge in [0, 0.05) is 24.9 Å². The van der Waals surface area contributed by atoms with Crippen molar-refractivity contribution in [2.75, 3.05) is 13.7 Å². The second-order valence-electron chi connectivity index (χ2n) is 10.4. The highest BCUT2D eigenvalue weighted by molar-refractivity contribution is 7.98. The number of thioether (sulfide) groups is 1. The third kappa shape index (κ3) is 7.68. The van der Waals surface area contributed by atoms with Crippen molar-refractivity contribution in [1.82, 2.24) is 24.6 Å². The Hall–Kier alpha value is -4.73. The van der Waals surface area contributed by atoms with Crippen molar-refractivity contribution < 1.29 is 9.53 Å². The second-order valence-corrected chi connectivity index (χ2v) is 12.3. The molecule has 0 saturated heterocycles. The maximum Gasteiger partial charge on any atom is 0.273 e. The van der Waals surface area contributed by atoms with Gasteiger partial charge >= 0.3 is 0 Å². The van der Waals surface area contributed by atoms with Crippen LogP contribution >= 0.6 is 23.1 Å². The third-order valence-electron chi connectivity index (χ3n) is 7.34. The van der Waals surface area contributed by atoms with Crippen molar-refractivity contribution >= 4 is 29.0 Å². The van der Waals surface area contributed by atoms with Gasteiger partial charge in [0.25, 0.3) is 5.91 Å². The van der Waals surface area contributed by atoms with Gasteiger partial charge in [-0.3, -0.25) is 9.36 Å². The summed E-state index contributed by atoms with van der Waals surface area (Å²) in [7, 11) is 1.67. The fourth-order valence-corrected chi connectivity index (χ4v) is 6.82. The molecule has 45 heavy (non-hydrogen) atoms. The zero-order valence-electron chi connectivity index (χ0n) is 25.0. The summed E-state index contributed by atoms with van der Waals surface area (Å²) in [5.41, 5.74) is 4.78. The molecule has 0 radical (unpaired) electrons. The molecule has 0 unspecified atom stereocenters. The first-order chi connectivity index (χ1) is 22.2. The smallest absolute Gasteiger partial charge is 0.273 e. The Bertz CT molecular complexity index is 1820. The molecule has 0 aliphatic rings. The van der Waals surface area contributed by atoms with Crippen molar-refractivity contribution in [3.8, 4) is 11.4 Å². The summed E-state index contributed by atoms with van der Waals surface area (Å²) in [6.45, 7) is 1.13. The number of aromatic nitrogens is 4. The Morgan fingerprint density at radius 3 is 2.18 bits per heavy atom. The summed E-state index contributed by atoms with van der Waals surface area (Å²) >= 11 is 3.04. The molecule has 0 atom stereocenters. The minimum Gasteiger partial charge on any atom is -0.495 e. The number of ether oxygens (including phenoxy) is 1. The normalized spacial score (nSPS) is 11.0. The van der Waals surface area contributed by atoms with E-state index in [1.807, 2.05) is 89.1 Å². The van der Waals surface area contributed by atoms with E-state index in [4.69, 9.17) is 9.72 Å². The summed E-state index contributed by atoms with van der Waals surface area (Å²) in [5, 5.41) is 12.6. The van der Waals surface area contributed by atoms with Gasteiger partial charge in [-0.05, 0) is 35.2 Å². The lowest BCUT2D eigenvalue weighted by atomic mass is 10.1. The minimum absolute atomic E-state index is 0.0652. The topological polar surface area (TPSA) is 73.1 Å². The first-order valence-corrected chi connectivity index (χ1v) is 16.6. The summed E-state index contributed by atoms with van der Waals surface area (Å²) in [5.74, 6) is 2.05. The van der Waals surface area contributed by atoms with Crippen LogP contribution in [0, 0.1) is 0 Å². The lowest BCUT2D eigenvalue weighted by Crippen LogP contribution is -2.32. The molecule has 226 valence electrons. The Morgan fingerprint density at radius 1 is 0.822 bits per heavy atom. The zero-order valence-corrected chi connectivity index (χ0v) is 26.6. The molecule has 2 heterocycles. The van der Waals surface area contributed by atoms with E-state index >= 15 is 0 Å². The molecule has 0 fully saturated rings. The highest BCUT2D eigenvalue weighted by Gasteiger charge is 2.21. The average molecular weight is 632 g/mol. The molecule has 4 aromatic carbocycles. The zero-order chi connectivity index (χ0) is 30.8.